The molecule has 0 saturated carbocycles. The SMILES string of the molecule is CCNC(=O)c1ccc(NCC(C)(O)CC)nn1. The van der Waals surface area contributed by atoms with Crippen LogP contribution < -0.4 is 10.6 Å². The van der Waals surface area contributed by atoms with Crippen molar-refractivity contribution in [2.45, 2.75) is 32.8 Å². The molecule has 0 aromatic carbocycles. The molecule has 0 fully saturated rings. The van der Waals surface area contributed by atoms with Crippen LogP contribution in [0, 0.1) is 0 Å². The van der Waals surface area contributed by atoms with Crippen molar-refractivity contribution in [1.29, 1.82) is 0 Å². The lowest BCUT2D eigenvalue weighted by molar-refractivity contribution is 0.0696. The minimum atomic E-state index is -0.778. The molecule has 0 aliphatic carbocycles. The maximum atomic E-state index is 11.4. The Labute approximate surface area is 107 Å². The first-order valence-corrected chi connectivity index (χ1v) is 6.06. The Hall–Kier alpha value is -1.69. The van der Waals surface area contributed by atoms with E-state index >= 15 is 0 Å². The average Bonchev–Trinajstić information content (AvgIpc) is 2.37. The number of rotatable bonds is 6. The summed E-state index contributed by atoms with van der Waals surface area (Å²) in [5.74, 6) is 0.300. The van der Waals surface area contributed by atoms with Crippen LogP contribution in [0.1, 0.15) is 37.7 Å². The van der Waals surface area contributed by atoms with Crippen LogP contribution in [0.4, 0.5) is 5.82 Å². The second kappa shape index (κ2) is 6.30. The van der Waals surface area contributed by atoms with Gasteiger partial charge in [0.15, 0.2) is 5.69 Å². The summed E-state index contributed by atoms with van der Waals surface area (Å²) in [6.07, 6.45) is 0.643. The molecule has 1 atom stereocenters. The molecular formula is C12H20N4O2. The topological polar surface area (TPSA) is 87.1 Å². The molecule has 1 aromatic heterocycles. The molecule has 0 radical (unpaired) electrons. The number of nitrogens with one attached hydrogen (secondary N) is 2. The molecule has 3 N–H and O–H groups in total. The van der Waals surface area contributed by atoms with Gasteiger partial charge in [0.1, 0.15) is 5.82 Å². The van der Waals surface area contributed by atoms with E-state index in [4.69, 9.17) is 0 Å². The van der Waals surface area contributed by atoms with Gasteiger partial charge < -0.3 is 15.7 Å². The Morgan fingerprint density at radius 2 is 2.11 bits per heavy atom. The van der Waals surface area contributed by atoms with E-state index in [1.165, 1.54) is 0 Å². The van der Waals surface area contributed by atoms with Crippen molar-refractivity contribution in [2.75, 3.05) is 18.4 Å². The molecule has 0 aliphatic rings. The molecule has 1 aromatic rings. The maximum Gasteiger partial charge on any atom is 0.271 e. The molecule has 18 heavy (non-hydrogen) atoms. The van der Waals surface area contributed by atoms with Crippen LogP contribution in [0.2, 0.25) is 0 Å². The third-order valence-corrected chi connectivity index (χ3v) is 2.65. The number of carbonyl (C=O) groups is 1. The second-order valence-electron chi connectivity index (χ2n) is 4.37. The van der Waals surface area contributed by atoms with Crippen molar-refractivity contribution >= 4 is 11.7 Å². The quantitative estimate of drug-likeness (QED) is 0.697. The molecule has 6 nitrogen and oxygen atoms in total. The monoisotopic (exact) mass is 252 g/mol. The number of hydrogen-bond acceptors (Lipinski definition) is 5. The fraction of sp³-hybridized carbons (Fsp3) is 0.583. The van der Waals surface area contributed by atoms with Crippen LogP contribution in [-0.2, 0) is 0 Å². The average molecular weight is 252 g/mol. The van der Waals surface area contributed by atoms with E-state index in [1.807, 2.05) is 13.8 Å². The van der Waals surface area contributed by atoms with Gasteiger partial charge in [0, 0.05) is 13.1 Å². The van der Waals surface area contributed by atoms with Gasteiger partial charge in [-0.25, -0.2) is 0 Å². The zero-order valence-corrected chi connectivity index (χ0v) is 11.0. The minimum Gasteiger partial charge on any atom is -0.388 e. The number of aromatic nitrogens is 2. The smallest absolute Gasteiger partial charge is 0.271 e. The number of amides is 1. The lowest BCUT2D eigenvalue weighted by Crippen LogP contribution is -2.32. The zero-order valence-electron chi connectivity index (χ0n) is 11.0. The number of carbonyl (C=O) groups excluding carboxylic acids is 1. The molecule has 1 unspecified atom stereocenters. The third kappa shape index (κ3) is 4.29. The highest BCUT2D eigenvalue weighted by atomic mass is 16.3. The summed E-state index contributed by atoms with van der Waals surface area (Å²) in [6, 6.07) is 3.27. The minimum absolute atomic E-state index is 0.239. The fourth-order valence-electron chi connectivity index (χ4n) is 1.20. The Balaban J connectivity index is 2.58. The van der Waals surface area contributed by atoms with Crippen LogP contribution >= 0.6 is 0 Å². The predicted molar refractivity (Wildman–Crippen MR) is 69.4 cm³/mol. The van der Waals surface area contributed by atoms with E-state index in [2.05, 4.69) is 20.8 Å². The Kier molecular flexibility index (Phi) is 5.03. The number of nitrogens with zero attached hydrogens (tertiary/aromatic N) is 2. The predicted octanol–water partition coefficient (Wildman–Crippen LogP) is 0.799. The molecule has 1 amide bonds. The van der Waals surface area contributed by atoms with Gasteiger partial charge in [-0.15, -0.1) is 10.2 Å². The first-order chi connectivity index (χ1) is 8.48. The van der Waals surface area contributed by atoms with Gasteiger partial charge in [0.2, 0.25) is 0 Å². The van der Waals surface area contributed by atoms with Gasteiger partial charge in [0.25, 0.3) is 5.91 Å². The van der Waals surface area contributed by atoms with E-state index in [0.717, 1.165) is 0 Å². The summed E-state index contributed by atoms with van der Waals surface area (Å²) in [4.78, 5) is 11.4. The second-order valence-corrected chi connectivity index (χ2v) is 4.37. The summed E-state index contributed by atoms with van der Waals surface area (Å²) in [5, 5.41) is 23.1. The molecule has 0 bridgehead atoms. The van der Waals surface area contributed by atoms with Crippen molar-refractivity contribution in [3.63, 3.8) is 0 Å². The van der Waals surface area contributed by atoms with Gasteiger partial charge >= 0.3 is 0 Å². The summed E-state index contributed by atoms with van der Waals surface area (Å²) < 4.78 is 0. The Morgan fingerprint density at radius 1 is 1.39 bits per heavy atom. The fourth-order valence-corrected chi connectivity index (χ4v) is 1.20. The van der Waals surface area contributed by atoms with E-state index in [1.54, 1.807) is 19.1 Å². The summed E-state index contributed by atoms with van der Waals surface area (Å²) >= 11 is 0. The molecule has 1 heterocycles. The highest BCUT2D eigenvalue weighted by Crippen LogP contribution is 2.10. The van der Waals surface area contributed by atoms with Gasteiger partial charge in [0.05, 0.1) is 5.60 Å². The van der Waals surface area contributed by atoms with Crippen molar-refractivity contribution in [1.82, 2.24) is 15.5 Å². The maximum absolute atomic E-state index is 11.4. The molecule has 0 saturated heterocycles. The van der Waals surface area contributed by atoms with Crippen molar-refractivity contribution in [3.8, 4) is 0 Å². The van der Waals surface area contributed by atoms with Crippen LogP contribution in [-0.4, -0.2) is 39.9 Å². The van der Waals surface area contributed by atoms with Crippen LogP contribution in [0.15, 0.2) is 12.1 Å². The zero-order chi connectivity index (χ0) is 13.6. The Bertz CT molecular complexity index is 390. The lowest BCUT2D eigenvalue weighted by atomic mass is 10.0. The first kappa shape index (κ1) is 14.4. The number of hydrogen-bond donors (Lipinski definition) is 3. The first-order valence-electron chi connectivity index (χ1n) is 6.06. The highest BCUT2D eigenvalue weighted by Gasteiger charge is 2.17. The van der Waals surface area contributed by atoms with Crippen molar-refractivity contribution < 1.29 is 9.90 Å². The van der Waals surface area contributed by atoms with Gasteiger partial charge in [-0.2, -0.15) is 0 Å². The van der Waals surface area contributed by atoms with Crippen LogP contribution in [0.3, 0.4) is 0 Å². The lowest BCUT2D eigenvalue weighted by Gasteiger charge is -2.21. The molecule has 1 rings (SSSR count). The van der Waals surface area contributed by atoms with Crippen molar-refractivity contribution in [2.24, 2.45) is 0 Å². The Morgan fingerprint density at radius 3 is 2.61 bits per heavy atom. The summed E-state index contributed by atoms with van der Waals surface area (Å²) in [6.45, 7) is 6.44. The van der Waals surface area contributed by atoms with E-state index in [9.17, 15) is 9.90 Å². The highest BCUT2D eigenvalue weighted by molar-refractivity contribution is 5.92. The van der Waals surface area contributed by atoms with E-state index in [-0.39, 0.29) is 11.6 Å². The molecule has 0 aliphatic heterocycles. The molecular weight excluding hydrogens is 232 g/mol. The third-order valence-electron chi connectivity index (χ3n) is 2.65. The standard InChI is InChI=1S/C12H20N4O2/c1-4-12(3,18)8-14-10-7-6-9(15-16-10)11(17)13-5-2/h6-7,18H,4-5,8H2,1-3H3,(H,13,17)(H,14,16). The van der Waals surface area contributed by atoms with E-state index in [0.29, 0.717) is 25.3 Å². The van der Waals surface area contributed by atoms with Gasteiger partial charge in [-0.1, -0.05) is 6.92 Å². The number of aliphatic hydroxyl groups is 1. The number of anilines is 1. The van der Waals surface area contributed by atoms with E-state index < -0.39 is 5.60 Å². The van der Waals surface area contributed by atoms with Gasteiger partial charge in [-0.05, 0) is 32.4 Å². The normalized spacial score (nSPS) is 13.8. The summed E-state index contributed by atoms with van der Waals surface area (Å²) in [5.41, 5.74) is -0.496. The summed E-state index contributed by atoms with van der Waals surface area (Å²) in [7, 11) is 0. The molecule has 100 valence electrons. The van der Waals surface area contributed by atoms with Gasteiger partial charge in [-0.3, -0.25) is 4.79 Å². The van der Waals surface area contributed by atoms with Crippen LogP contribution in [0.5, 0.6) is 0 Å². The largest absolute Gasteiger partial charge is 0.388 e. The molecule has 0 spiro atoms. The van der Waals surface area contributed by atoms with Crippen molar-refractivity contribution in [3.05, 3.63) is 17.8 Å². The molecule has 6 heteroatoms. The van der Waals surface area contributed by atoms with Crippen LogP contribution in [0.25, 0.3) is 0 Å².